The molecular formula is C25H32O3S. The maximum absolute atomic E-state index is 11.7. The van der Waals surface area contributed by atoms with Gasteiger partial charge in [0.15, 0.2) is 0 Å². The highest BCUT2D eigenvalue weighted by Gasteiger charge is 2.14. The van der Waals surface area contributed by atoms with Crippen molar-refractivity contribution in [1.82, 2.24) is 0 Å². The minimum absolute atomic E-state index is 0.382. The van der Waals surface area contributed by atoms with Crippen molar-refractivity contribution in [2.75, 3.05) is 0 Å². The third-order valence-corrected chi connectivity index (χ3v) is 6.25. The van der Waals surface area contributed by atoms with Crippen molar-refractivity contribution < 1.29 is 14.6 Å². The molecule has 0 aliphatic rings. The maximum atomic E-state index is 11.7. The standard InChI is InChI=1S/C25H32O3S/c1-6-9-11-19-15-23(17(4)13-21(19)26)29-24-16-20(12-10-7-2)22(14-18(24)5)28-25(27)8-3/h8,13-16,26H,3,6-7,9-12H2,1-2,4-5H3. The Balaban J connectivity index is 2.39. The highest BCUT2D eigenvalue weighted by molar-refractivity contribution is 7.99. The van der Waals surface area contributed by atoms with Gasteiger partial charge < -0.3 is 9.84 Å². The number of hydrogen-bond donors (Lipinski definition) is 1. The van der Waals surface area contributed by atoms with Crippen LogP contribution in [0.25, 0.3) is 0 Å². The second-order valence-electron chi connectivity index (χ2n) is 7.41. The molecule has 2 aromatic carbocycles. The molecule has 0 aliphatic heterocycles. The van der Waals surface area contributed by atoms with Crippen LogP contribution in [0.4, 0.5) is 0 Å². The van der Waals surface area contributed by atoms with E-state index in [1.807, 2.05) is 26.0 Å². The average Bonchev–Trinajstić information content (AvgIpc) is 2.69. The number of hydrogen-bond acceptors (Lipinski definition) is 4. The number of carbonyl (C=O) groups excluding carboxylic acids is 1. The Hall–Kier alpha value is -2.20. The van der Waals surface area contributed by atoms with Gasteiger partial charge in [0.25, 0.3) is 0 Å². The van der Waals surface area contributed by atoms with Crippen LogP contribution in [-0.4, -0.2) is 11.1 Å². The minimum Gasteiger partial charge on any atom is -0.508 e. The highest BCUT2D eigenvalue weighted by atomic mass is 32.2. The minimum atomic E-state index is -0.433. The Morgan fingerprint density at radius 1 is 1.00 bits per heavy atom. The molecule has 0 atom stereocenters. The van der Waals surface area contributed by atoms with E-state index < -0.39 is 5.97 Å². The fraction of sp³-hybridized carbons (Fsp3) is 0.400. The first-order valence-electron chi connectivity index (χ1n) is 10.4. The van der Waals surface area contributed by atoms with Crippen molar-refractivity contribution >= 4 is 17.7 Å². The van der Waals surface area contributed by atoms with E-state index in [0.717, 1.165) is 70.6 Å². The second kappa shape index (κ2) is 11.1. The normalized spacial score (nSPS) is 10.8. The largest absolute Gasteiger partial charge is 0.508 e. The zero-order valence-electron chi connectivity index (χ0n) is 18.0. The maximum Gasteiger partial charge on any atom is 0.335 e. The van der Waals surface area contributed by atoms with E-state index in [1.54, 1.807) is 11.8 Å². The van der Waals surface area contributed by atoms with Gasteiger partial charge in [0, 0.05) is 15.9 Å². The molecule has 0 fully saturated rings. The number of aromatic hydroxyl groups is 1. The van der Waals surface area contributed by atoms with Gasteiger partial charge >= 0.3 is 5.97 Å². The van der Waals surface area contributed by atoms with Crippen LogP contribution < -0.4 is 4.74 Å². The smallest absolute Gasteiger partial charge is 0.335 e. The lowest BCUT2D eigenvalue weighted by atomic mass is 10.1. The molecule has 0 radical (unpaired) electrons. The van der Waals surface area contributed by atoms with E-state index in [1.165, 1.54) is 6.08 Å². The van der Waals surface area contributed by atoms with Gasteiger partial charge in [-0.3, -0.25) is 0 Å². The number of benzene rings is 2. The molecule has 3 nitrogen and oxygen atoms in total. The Bertz CT molecular complexity index is 871. The first-order chi connectivity index (χ1) is 13.9. The molecule has 4 heteroatoms. The van der Waals surface area contributed by atoms with E-state index in [9.17, 15) is 9.90 Å². The zero-order chi connectivity index (χ0) is 21.4. The molecule has 0 saturated carbocycles. The molecule has 0 bridgehead atoms. The third kappa shape index (κ3) is 6.40. The molecule has 0 unspecified atom stereocenters. The van der Waals surface area contributed by atoms with E-state index in [4.69, 9.17) is 4.74 Å². The predicted octanol–water partition coefficient (Wildman–Crippen LogP) is 6.94. The molecular weight excluding hydrogens is 380 g/mol. The van der Waals surface area contributed by atoms with E-state index in [-0.39, 0.29) is 0 Å². The van der Waals surface area contributed by atoms with Crippen LogP contribution in [0.5, 0.6) is 11.5 Å². The van der Waals surface area contributed by atoms with Gasteiger partial charge in [-0.2, -0.15) is 0 Å². The van der Waals surface area contributed by atoms with Gasteiger partial charge in [0.2, 0.25) is 0 Å². The molecule has 2 aromatic rings. The first-order valence-corrected chi connectivity index (χ1v) is 11.2. The SMILES string of the molecule is C=CC(=O)Oc1cc(C)c(Sc2cc(CCCC)c(O)cc2C)cc1CCCC. The molecule has 0 aromatic heterocycles. The summed E-state index contributed by atoms with van der Waals surface area (Å²) in [7, 11) is 0. The summed E-state index contributed by atoms with van der Waals surface area (Å²) < 4.78 is 5.48. The van der Waals surface area contributed by atoms with Crippen LogP contribution in [0, 0.1) is 13.8 Å². The predicted molar refractivity (Wildman–Crippen MR) is 121 cm³/mol. The van der Waals surface area contributed by atoms with E-state index in [2.05, 4.69) is 32.6 Å². The van der Waals surface area contributed by atoms with Crippen LogP contribution in [0.3, 0.4) is 0 Å². The van der Waals surface area contributed by atoms with Crippen molar-refractivity contribution in [3.63, 3.8) is 0 Å². The molecule has 1 N–H and O–H groups in total. The van der Waals surface area contributed by atoms with Gasteiger partial charge in [-0.1, -0.05) is 45.0 Å². The molecule has 0 amide bonds. The number of phenols is 1. The van der Waals surface area contributed by atoms with Crippen molar-refractivity contribution in [2.24, 2.45) is 0 Å². The molecule has 0 spiro atoms. The number of unbranched alkanes of at least 4 members (excludes halogenated alkanes) is 2. The average molecular weight is 413 g/mol. The molecule has 29 heavy (non-hydrogen) atoms. The van der Waals surface area contributed by atoms with Crippen LogP contribution >= 0.6 is 11.8 Å². The van der Waals surface area contributed by atoms with Crippen LogP contribution in [0.1, 0.15) is 61.8 Å². The molecule has 0 heterocycles. The van der Waals surface area contributed by atoms with Crippen molar-refractivity contribution in [1.29, 1.82) is 0 Å². The number of ether oxygens (including phenoxy) is 1. The summed E-state index contributed by atoms with van der Waals surface area (Å²) in [4.78, 5) is 14.0. The lowest BCUT2D eigenvalue weighted by Crippen LogP contribution is -2.06. The Kier molecular flexibility index (Phi) is 8.84. The quantitative estimate of drug-likeness (QED) is 0.261. The van der Waals surface area contributed by atoms with Crippen molar-refractivity contribution in [3.05, 3.63) is 59.2 Å². The van der Waals surface area contributed by atoms with Gasteiger partial charge in [-0.15, -0.1) is 0 Å². The third-order valence-electron chi connectivity index (χ3n) is 4.93. The lowest BCUT2D eigenvalue weighted by Gasteiger charge is -2.16. The van der Waals surface area contributed by atoms with Crippen LogP contribution in [0.2, 0.25) is 0 Å². The fourth-order valence-electron chi connectivity index (χ4n) is 3.13. The molecule has 2 rings (SSSR count). The number of esters is 1. The van der Waals surface area contributed by atoms with Crippen LogP contribution in [-0.2, 0) is 17.6 Å². The highest BCUT2D eigenvalue weighted by Crippen LogP contribution is 2.38. The summed E-state index contributed by atoms with van der Waals surface area (Å²) in [6.45, 7) is 11.9. The van der Waals surface area contributed by atoms with E-state index >= 15 is 0 Å². The van der Waals surface area contributed by atoms with Crippen molar-refractivity contribution in [3.8, 4) is 11.5 Å². The number of phenolic OH excluding ortho intramolecular Hbond substituents is 1. The first kappa shape index (κ1) is 23.1. The Morgan fingerprint density at radius 2 is 1.55 bits per heavy atom. The van der Waals surface area contributed by atoms with Gasteiger partial charge in [-0.25, -0.2) is 4.79 Å². The fourth-order valence-corrected chi connectivity index (χ4v) is 4.21. The summed E-state index contributed by atoms with van der Waals surface area (Å²) in [6.07, 6.45) is 7.20. The molecule has 0 saturated heterocycles. The summed E-state index contributed by atoms with van der Waals surface area (Å²) in [6, 6.07) is 8.06. The van der Waals surface area contributed by atoms with Gasteiger partial charge in [-0.05, 0) is 86.1 Å². The van der Waals surface area contributed by atoms with E-state index in [0.29, 0.717) is 11.5 Å². The lowest BCUT2D eigenvalue weighted by molar-refractivity contribution is -0.129. The van der Waals surface area contributed by atoms with Crippen LogP contribution in [0.15, 0.2) is 46.7 Å². The Morgan fingerprint density at radius 3 is 2.14 bits per heavy atom. The number of aryl methyl sites for hydroxylation is 4. The Labute approximate surface area is 179 Å². The second-order valence-corrected chi connectivity index (χ2v) is 8.49. The molecule has 0 aliphatic carbocycles. The van der Waals surface area contributed by atoms with Crippen molar-refractivity contribution in [2.45, 2.75) is 76.0 Å². The summed E-state index contributed by atoms with van der Waals surface area (Å²) in [5, 5.41) is 10.3. The molecule has 156 valence electrons. The van der Waals surface area contributed by atoms with Gasteiger partial charge in [0.05, 0.1) is 0 Å². The topological polar surface area (TPSA) is 46.5 Å². The monoisotopic (exact) mass is 412 g/mol. The number of rotatable bonds is 10. The van der Waals surface area contributed by atoms with Gasteiger partial charge in [0.1, 0.15) is 11.5 Å². The number of carbonyl (C=O) groups is 1. The summed E-state index contributed by atoms with van der Waals surface area (Å²) in [5.41, 5.74) is 4.16. The zero-order valence-corrected chi connectivity index (χ0v) is 18.8. The summed E-state index contributed by atoms with van der Waals surface area (Å²) >= 11 is 1.71. The summed E-state index contributed by atoms with van der Waals surface area (Å²) in [5.74, 6) is 0.570.